The van der Waals surface area contributed by atoms with Crippen LogP contribution < -0.4 is 0 Å². The number of epoxide rings is 1. The topological polar surface area (TPSA) is 126 Å². The number of rotatable bonds is 2. The number of hydrogen-bond donors (Lipinski definition) is 3. The maximum absolute atomic E-state index is 12.3. The Balaban J connectivity index is 1.82. The standard InChI is InChI=1S/C18H26O8/c1-5-9(19)24-8-6-16(3,22)18-12(11-10(8)7(2)15(21)25-11)17(4,23)13(20)14(18)26-18/h7-8,10-14,20,22-23H,5-6H2,1-4H3. The number of esters is 2. The average molecular weight is 370 g/mol. The van der Waals surface area contributed by atoms with Gasteiger partial charge in [0, 0.05) is 18.8 Å². The summed E-state index contributed by atoms with van der Waals surface area (Å²) in [7, 11) is 0. The van der Waals surface area contributed by atoms with Crippen molar-refractivity contribution in [2.75, 3.05) is 0 Å². The fourth-order valence-electron chi connectivity index (χ4n) is 5.64. The van der Waals surface area contributed by atoms with Crippen LogP contribution in [0.15, 0.2) is 0 Å². The van der Waals surface area contributed by atoms with Gasteiger partial charge in [0.05, 0.1) is 23.0 Å². The minimum absolute atomic E-state index is 0.0384. The van der Waals surface area contributed by atoms with E-state index in [0.717, 1.165) is 0 Å². The molecule has 10 unspecified atom stereocenters. The summed E-state index contributed by atoms with van der Waals surface area (Å²) in [5.74, 6) is -2.79. The second-order valence-corrected chi connectivity index (χ2v) is 8.61. The van der Waals surface area contributed by atoms with E-state index >= 15 is 0 Å². The molecule has 2 aliphatic heterocycles. The number of carbonyl (C=O) groups is 2. The zero-order valence-corrected chi connectivity index (χ0v) is 15.3. The van der Waals surface area contributed by atoms with Crippen LogP contribution in [-0.4, -0.2) is 68.5 Å². The average Bonchev–Trinajstić information content (AvgIpc) is 3.18. The van der Waals surface area contributed by atoms with Crippen LogP contribution in [0.5, 0.6) is 0 Å². The molecule has 2 saturated heterocycles. The molecule has 4 rings (SSSR count). The Morgan fingerprint density at radius 2 is 2.00 bits per heavy atom. The summed E-state index contributed by atoms with van der Waals surface area (Å²) in [6, 6.07) is 0. The molecule has 2 aliphatic carbocycles. The summed E-state index contributed by atoms with van der Waals surface area (Å²) < 4.78 is 16.9. The van der Waals surface area contributed by atoms with E-state index in [0.29, 0.717) is 0 Å². The van der Waals surface area contributed by atoms with Gasteiger partial charge in [-0.3, -0.25) is 9.59 Å². The van der Waals surface area contributed by atoms with E-state index in [4.69, 9.17) is 14.2 Å². The van der Waals surface area contributed by atoms with Gasteiger partial charge < -0.3 is 29.5 Å². The first kappa shape index (κ1) is 18.2. The lowest BCUT2D eigenvalue weighted by Crippen LogP contribution is -2.56. The van der Waals surface area contributed by atoms with Gasteiger partial charge in [0.15, 0.2) is 0 Å². The SMILES string of the molecule is CCC(=O)OC1CC(C)(O)C23OC2C(O)C(C)(O)C3C2OC(=O)C(C)C12. The van der Waals surface area contributed by atoms with Crippen molar-refractivity contribution in [2.45, 2.75) is 81.8 Å². The fraction of sp³-hybridized carbons (Fsp3) is 0.889. The smallest absolute Gasteiger partial charge is 0.309 e. The number of fused-ring (bicyclic) bond motifs is 2. The van der Waals surface area contributed by atoms with Crippen molar-refractivity contribution in [1.29, 1.82) is 0 Å². The number of aliphatic hydroxyl groups is 3. The van der Waals surface area contributed by atoms with E-state index in [1.807, 2.05) is 0 Å². The normalized spacial score (nSPS) is 57.5. The molecule has 10 atom stereocenters. The van der Waals surface area contributed by atoms with Gasteiger partial charge in [0.25, 0.3) is 0 Å². The minimum atomic E-state index is -1.61. The number of aliphatic hydroxyl groups excluding tert-OH is 1. The van der Waals surface area contributed by atoms with Gasteiger partial charge in [0.1, 0.15) is 30.0 Å². The molecule has 0 amide bonds. The highest BCUT2D eigenvalue weighted by molar-refractivity contribution is 5.75. The molecule has 8 heteroatoms. The Hall–Kier alpha value is -1.22. The molecule has 26 heavy (non-hydrogen) atoms. The Morgan fingerprint density at radius 1 is 1.35 bits per heavy atom. The molecule has 1 spiro atoms. The first-order valence-corrected chi connectivity index (χ1v) is 9.19. The van der Waals surface area contributed by atoms with Gasteiger partial charge in [-0.15, -0.1) is 0 Å². The minimum Gasteiger partial charge on any atom is -0.462 e. The van der Waals surface area contributed by atoms with Crippen molar-refractivity contribution in [2.24, 2.45) is 17.8 Å². The second-order valence-electron chi connectivity index (χ2n) is 8.61. The van der Waals surface area contributed by atoms with E-state index in [2.05, 4.69) is 0 Å². The Bertz CT molecular complexity index is 658. The highest BCUT2D eigenvalue weighted by atomic mass is 16.7. The molecule has 0 aromatic heterocycles. The van der Waals surface area contributed by atoms with Crippen LogP contribution in [0.25, 0.3) is 0 Å². The molecule has 4 fully saturated rings. The van der Waals surface area contributed by atoms with E-state index in [1.165, 1.54) is 6.92 Å². The van der Waals surface area contributed by atoms with Crippen molar-refractivity contribution < 1.29 is 39.1 Å². The van der Waals surface area contributed by atoms with Gasteiger partial charge in [-0.05, 0) is 13.8 Å². The molecule has 146 valence electrons. The van der Waals surface area contributed by atoms with E-state index in [9.17, 15) is 24.9 Å². The van der Waals surface area contributed by atoms with Gasteiger partial charge in [-0.25, -0.2) is 0 Å². The first-order valence-electron chi connectivity index (χ1n) is 9.19. The highest BCUT2D eigenvalue weighted by Crippen LogP contribution is 2.68. The summed E-state index contributed by atoms with van der Waals surface area (Å²) in [6.07, 6.45) is -3.32. The lowest BCUT2D eigenvalue weighted by Gasteiger charge is -2.40. The van der Waals surface area contributed by atoms with Gasteiger partial charge in [-0.2, -0.15) is 0 Å². The quantitative estimate of drug-likeness (QED) is 0.440. The monoisotopic (exact) mass is 370 g/mol. The number of ether oxygens (including phenoxy) is 3. The molecule has 3 N–H and O–H groups in total. The van der Waals surface area contributed by atoms with Crippen LogP contribution >= 0.6 is 0 Å². The van der Waals surface area contributed by atoms with Crippen LogP contribution in [0.4, 0.5) is 0 Å². The Kier molecular flexibility index (Phi) is 3.62. The largest absolute Gasteiger partial charge is 0.462 e. The van der Waals surface area contributed by atoms with E-state index in [-0.39, 0.29) is 12.8 Å². The van der Waals surface area contributed by atoms with Crippen LogP contribution in [0.2, 0.25) is 0 Å². The van der Waals surface area contributed by atoms with Gasteiger partial charge in [-0.1, -0.05) is 13.8 Å². The third kappa shape index (κ3) is 1.99. The Morgan fingerprint density at radius 3 is 2.62 bits per heavy atom. The lowest BCUT2D eigenvalue weighted by atomic mass is 9.72. The summed E-state index contributed by atoms with van der Waals surface area (Å²) in [5, 5.41) is 32.8. The first-order chi connectivity index (χ1) is 12.0. The maximum Gasteiger partial charge on any atom is 0.309 e. The molecule has 8 nitrogen and oxygen atoms in total. The van der Waals surface area contributed by atoms with Crippen molar-refractivity contribution in [1.82, 2.24) is 0 Å². The summed E-state index contributed by atoms with van der Waals surface area (Å²) in [4.78, 5) is 24.2. The summed E-state index contributed by atoms with van der Waals surface area (Å²) in [6.45, 7) is 6.40. The zero-order chi connectivity index (χ0) is 19.2. The molecule has 4 aliphatic rings. The predicted octanol–water partition coefficient (Wildman–Crippen LogP) is -0.480. The van der Waals surface area contributed by atoms with Crippen LogP contribution in [0.1, 0.15) is 40.5 Å². The van der Waals surface area contributed by atoms with Crippen molar-refractivity contribution in [3.8, 4) is 0 Å². The number of hydrogen-bond acceptors (Lipinski definition) is 8. The molecule has 2 heterocycles. The molecular weight excluding hydrogens is 344 g/mol. The number of carbonyl (C=O) groups excluding carboxylic acids is 2. The van der Waals surface area contributed by atoms with E-state index < -0.39 is 70.9 Å². The van der Waals surface area contributed by atoms with Crippen LogP contribution in [-0.2, 0) is 23.8 Å². The third-order valence-electron chi connectivity index (χ3n) is 7.02. The fourth-order valence-corrected chi connectivity index (χ4v) is 5.64. The third-order valence-corrected chi connectivity index (χ3v) is 7.02. The summed E-state index contributed by atoms with van der Waals surface area (Å²) >= 11 is 0. The molecular formula is C18H26O8. The van der Waals surface area contributed by atoms with Crippen LogP contribution in [0.3, 0.4) is 0 Å². The van der Waals surface area contributed by atoms with Crippen molar-refractivity contribution >= 4 is 11.9 Å². The molecule has 0 radical (unpaired) electrons. The molecule has 0 aromatic carbocycles. The second kappa shape index (κ2) is 5.19. The maximum atomic E-state index is 12.3. The van der Waals surface area contributed by atoms with Crippen LogP contribution in [0, 0.1) is 17.8 Å². The van der Waals surface area contributed by atoms with Gasteiger partial charge in [0.2, 0.25) is 0 Å². The molecule has 0 bridgehead atoms. The van der Waals surface area contributed by atoms with E-state index in [1.54, 1.807) is 20.8 Å². The van der Waals surface area contributed by atoms with Crippen molar-refractivity contribution in [3.05, 3.63) is 0 Å². The lowest BCUT2D eigenvalue weighted by molar-refractivity contribution is -0.178. The zero-order valence-electron chi connectivity index (χ0n) is 15.3. The highest BCUT2D eigenvalue weighted by Gasteiger charge is 2.87. The van der Waals surface area contributed by atoms with Gasteiger partial charge >= 0.3 is 11.9 Å². The Labute approximate surface area is 151 Å². The summed E-state index contributed by atoms with van der Waals surface area (Å²) in [5.41, 5.74) is -4.32. The predicted molar refractivity (Wildman–Crippen MR) is 85.7 cm³/mol. The molecule has 2 saturated carbocycles. The molecule has 0 aromatic rings. The van der Waals surface area contributed by atoms with Crippen molar-refractivity contribution in [3.63, 3.8) is 0 Å².